The summed E-state index contributed by atoms with van der Waals surface area (Å²) in [5, 5.41) is 18.5. The minimum Gasteiger partial charge on any atom is -0.507 e. The summed E-state index contributed by atoms with van der Waals surface area (Å²) >= 11 is 6.38. The van der Waals surface area contributed by atoms with E-state index in [1.54, 1.807) is 23.1 Å². The van der Waals surface area contributed by atoms with E-state index in [0.717, 1.165) is 17.5 Å². The lowest BCUT2D eigenvalue weighted by atomic mass is 9.95. The number of hydrogen-bond acceptors (Lipinski definition) is 5. The van der Waals surface area contributed by atoms with Crippen LogP contribution in [0.3, 0.4) is 0 Å². The number of phenolic OH excluding ortho intramolecular Hbond substituents is 1. The highest BCUT2D eigenvalue weighted by Crippen LogP contribution is 2.46. The number of carbonyl (C=O) groups excluding carboxylic acids is 1. The van der Waals surface area contributed by atoms with Gasteiger partial charge in [0.25, 0.3) is 5.91 Å². The molecular formula is C28H32ClN3O4. The lowest BCUT2D eigenvalue weighted by molar-refractivity contribution is 0.0764. The summed E-state index contributed by atoms with van der Waals surface area (Å²) in [5.74, 6) is 1.66. The fourth-order valence-corrected chi connectivity index (χ4v) is 4.58. The summed E-state index contributed by atoms with van der Waals surface area (Å²) in [4.78, 5) is 15.1. The van der Waals surface area contributed by atoms with Gasteiger partial charge >= 0.3 is 0 Å². The highest BCUT2D eigenvalue weighted by molar-refractivity contribution is 6.31. The van der Waals surface area contributed by atoms with Gasteiger partial charge < -0.3 is 19.5 Å². The molecular weight excluding hydrogens is 478 g/mol. The van der Waals surface area contributed by atoms with E-state index in [1.165, 1.54) is 0 Å². The number of phenols is 1. The van der Waals surface area contributed by atoms with Crippen LogP contribution in [0, 0.1) is 12.8 Å². The highest BCUT2D eigenvalue weighted by Gasteiger charge is 2.42. The molecule has 0 radical (unpaired) electrons. The number of amides is 1. The second-order valence-electron chi connectivity index (χ2n) is 9.30. The maximum Gasteiger partial charge on any atom is 0.273 e. The number of benzene rings is 2. The number of nitrogens with one attached hydrogen (secondary N) is 1. The Labute approximate surface area is 216 Å². The molecule has 1 amide bonds. The van der Waals surface area contributed by atoms with E-state index in [-0.39, 0.29) is 11.7 Å². The molecule has 0 saturated heterocycles. The van der Waals surface area contributed by atoms with E-state index in [4.69, 9.17) is 21.1 Å². The predicted molar refractivity (Wildman–Crippen MR) is 141 cm³/mol. The van der Waals surface area contributed by atoms with E-state index >= 15 is 0 Å². The van der Waals surface area contributed by atoms with Gasteiger partial charge in [0.1, 0.15) is 17.1 Å². The summed E-state index contributed by atoms with van der Waals surface area (Å²) < 4.78 is 11.9. The van der Waals surface area contributed by atoms with Crippen LogP contribution >= 0.6 is 11.6 Å². The number of aryl methyl sites for hydroxylation is 1. The first-order chi connectivity index (χ1) is 17.3. The molecule has 8 heteroatoms. The van der Waals surface area contributed by atoms with Crippen LogP contribution in [0.25, 0.3) is 11.3 Å². The van der Waals surface area contributed by atoms with Gasteiger partial charge in [-0.15, -0.1) is 6.58 Å². The fraction of sp³-hybridized carbons (Fsp3) is 0.357. The Kier molecular flexibility index (Phi) is 7.59. The molecule has 7 nitrogen and oxygen atoms in total. The SMILES string of the molecule is C=CCN1C(=O)c2[nH]nc(-c3cc(Cl)c(C)cc3O)c2C1c1ccc(OCCC(C)C)c(OCC)c1. The monoisotopic (exact) mass is 509 g/mol. The molecule has 0 spiro atoms. The summed E-state index contributed by atoms with van der Waals surface area (Å²) in [5.41, 5.74) is 3.57. The molecule has 3 aromatic rings. The molecule has 2 aromatic carbocycles. The van der Waals surface area contributed by atoms with Crippen molar-refractivity contribution in [1.82, 2.24) is 15.1 Å². The smallest absolute Gasteiger partial charge is 0.273 e. The van der Waals surface area contributed by atoms with Crippen LogP contribution in [0.4, 0.5) is 0 Å². The van der Waals surface area contributed by atoms with Crippen molar-refractivity contribution in [3.05, 3.63) is 70.4 Å². The molecule has 2 N–H and O–H groups in total. The number of carbonyl (C=O) groups is 1. The van der Waals surface area contributed by atoms with Gasteiger partial charge in [-0.25, -0.2) is 0 Å². The topological polar surface area (TPSA) is 87.7 Å². The Bertz CT molecular complexity index is 1280. The third kappa shape index (κ3) is 4.80. The minimum atomic E-state index is -0.470. The van der Waals surface area contributed by atoms with Gasteiger partial charge in [-0.3, -0.25) is 9.89 Å². The van der Waals surface area contributed by atoms with Crippen LogP contribution in [-0.2, 0) is 0 Å². The number of hydrogen-bond donors (Lipinski definition) is 2. The van der Waals surface area contributed by atoms with Crippen molar-refractivity contribution in [3.63, 3.8) is 0 Å². The summed E-state index contributed by atoms with van der Waals surface area (Å²) in [7, 11) is 0. The van der Waals surface area contributed by atoms with Gasteiger partial charge in [0, 0.05) is 22.7 Å². The lowest BCUT2D eigenvalue weighted by Gasteiger charge is -2.26. The third-order valence-electron chi connectivity index (χ3n) is 6.26. The Morgan fingerprint density at radius 1 is 1.25 bits per heavy atom. The standard InChI is InChI=1S/C28H32ClN3O4/c1-6-11-32-27(18-8-9-22(23(14-18)35-7-2)36-12-10-16(3)4)24-25(30-31-26(24)28(32)34)19-15-20(29)17(5)13-21(19)33/h6,8-9,13-16,27,33H,1,7,10-12H2,2-5H3,(H,30,31). The number of fused-ring (bicyclic) bond motifs is 1. The summed E-state index contributed by atoms with van der Waals surface area (Å²) in [6, 6.07) is 8.54. The zero-order valence-corrected chi connectivity index (χ0v) is 21.9. The fourth-order valence-electron chi connectivity index (χ4n) is 4.42. The van der Waals surface area contributed by atoms with E-state index in [9.17, 15) is 9.90 Å². The van der Waals surface area contributed by atoms with Crippen LogP contribution in [0.1, 0.15) is 60.4 Å². The van der Waals surface area contributed by atoms with E-state index in [0.29, 0.717) is 64.7 Å². The molecule has 1 aliphatic heterocycles. The molecule has 2 heterocycles. The first-order valence-corrected chi connectivity index (χ1v) is 12.5. The third-order valence-corrected chi connectivity index (χ3v) is 6.66. The average molecular weight is 510 g/mol. The summed E-state index contributed by atoms with van der Waals surface area (Å²) in [6.07, 6.45) is 2.62. The van der Waals surface area contributed by atoms with Crippen LogP contribution < -0.4 is 9.47 Å². The predicted octanol–water partition coefficient (Wildman–Crippen LogP) is 6.30. The molecule has 0 fully saturated rings. The molecule has 1 unspecified atom stereocenters. The number of nitrogens with zero attached hydrogens (tertiary/aromatic N) is 2. The zero-order chi connectivity index (χ0) is 26.0. The molecule has 1 aliphatic rings. The van der Waals surface area contributed by atoms with Crippen molar-refractivity contribution in [2.45, 2.75) is 40.2 Å². The summed E-state index contributed by atoms with van der Waals surface area (Å²) in [6.45, 7) is 13.3. The van der Waals surface area contributed by atoms with Crippen molar-refractivity contribution in [2.24, 2.45) is 5.92 Å². The Morgan fingerprint density at radius 3 is 2.72 bits per heavy atom. The maximum atomic E-state index is 13.4. The van der Waals surface area contributed by atoms with Gasteiger partial charge in [0.05, 0.1) is 19.3 Å². The Hall–Kier alpha value is -3.45. The van der Waals surface area contributed by atoms with Gasteiger partial charge in [-0.2, -0.15) is 5.10 Å². The number of H-pyrrole nitrogens is 1. The van der Waals surface area contributed by atoms with Crippen molar-refractivity contribution in [1.29, 1.82) is 0 Å². The molecule has 36 heavy (non-hydrogen) atoms. The number of aromatic amines is 1. The molecule has 4 rings (SSSR count). The van der Waals surface area contributed by atoms with Crippen LogP contribution in [0.5, 0.6) is 17.2 Å². The molecule has 190 valence electrons. The van der Waals surface area contributed by atoms with Crippen LogP contribution in [-0.4, -0.2) is 45.9 Å². The first-order valence-electron chi connectivity index (χ1n) is 12.2. The van der Waals surface area contributed by atoms with Crippen molar-refractivity contribution in [2.75, 3.05) is 19.8 Å². The number of aromatic hydroxyl groups is 1. The quantitative estimate of drug-likeness (QED) is 0.313. The Morgan fingerprint density at radius 2 is 2.03 bits per heavy atom. The average Bonchev–Trinajstić information content (AvgIpc) is 3.37. The number of halogens is 1. The van der Waals surface area contributed by atoms with Crippen molar-refractivity contribution in [3.8, 4) is 28.5 Å². The second-order valence-corrected chi connectivity index (χ2v) is 9.71. The van der Waals surface area contributed by atoms with Crippen molar-refractivity contribution < 1.29 is 19.4 Å². The van der Waals surface area contributed by atoms with Gasteiger partial charge in [-0.05, 0) is 61.6 Å². The first kappa shape index (κ1) is 25.6. The minimum absolute atomic E-state index is 0.0449. The van der Waals surface area contributed by atoms with Crippen LogP contribution in [0.2, 0.25) is 5.02 Å². The highest BCUT2D eigenvalue weighted by atomic mass is 35.5. The zero-order valence-electron chi connectivity index (χ0n) is 21.1. The van der Waals surface area contributed by atoms with Gasteiger partial charge in [-0.1, -0.05) is 37.6 Å². The van der Waals surface area contributed by atoms with E-state index in [1.807, 2.05) is 32.0 Å². The largest absolute Gasteiger partial charge is 0.507 e. The molecule has 1 atom stereocenters. The van der Waals surface area contributed by atoms with Crippen LogP contribution in [0.15, 0.2) is 43.0 Å². The molecule has 0 saturated carbocycles. The van der Waals surface area contributed by atoms with Crippen molar-refractivity contribution >= 4 is 17.5 Å². The van der Waals surface area contributed by atoms with E-state index in [2.05, 4.69) is 30.6 Å². The number of ether oxygens (including phenoxy) is 2. The molecule has 0 aliphatic carbocycles. The van der Waals surface area contributed by atoms with Gasteiger partial charge in [0.2, 0.25) is 0 Å². The van der Waals surface area contributed by atoms with E-state index < -0.39 is 6.04 Å². The number of aromatic nitrogens is 2. The number of rotatable bonds is 10. The molecule has 0 bridgehead atoms. The maximum absolute atomic E-state index is 13.4. The second kappa shape index (κ2) is 10.7. The Balaban J connectivity index is 1.82. The lowest BCUT2D eigenvalue weighted by Crippen LogP contribution is -2.29. The van der Waals surface area contributed by atoms with Gasteiger partial charge in [0.15, 0.2) is 11.5 Å². The molecule has 1 aromatic heterocycles. The normalized spacial score (nSPS) is 14.9.